The molecule has 0 unspecified atom stereocenters. The van der Waals surface area contributed by atoms with Crippen molar-refractivity contribution in [2.75, 3.05) is 20.1 Å². The highest BCUT2D eigenvalue weighted by atomic mass is 32.2. The lowest BCUT2D eigenvalue weighted by Gasteiger charge is -2.17. The van der Waals surface area contributed by atoms with Crippen molar-refractivity contribution in [2.24, 2.45) is 7.05 Å². The molecule has 2 heterocycles. The summed E-state index contributed by atoms with van der Waals surface area (Å²) in [5.74, 6) is 0.650. The number of carbonyl (C=O) groups is 1. The van der Waals surface area contributed by atoms with E-state index in [1.54, 1.807) is 25.2 Å². The van der Waals surface area contributed by atoms with Crippen LogP contribution in [0.15, 0.2) is 41.3 Å². The van der Waals surface area contributed by atoms with Crippen LogP contribution in [-0.2, 0) is 23.6 Å². The minimum atomic E-state index is -3.64. The lowest BCUT2D eigenvalue weighted by molar-refractivity contribution is 0.0793. The van der Waals surface area contributed by atoms with Gasteiger partial charge in [0.1, 0.15) is 5.82 Å². The molecule has 31 heavy (non-hydrogen) atoms. The van der Waals surface area contributed by atoms with Gasteiger partial charge in [-0.05, 0) is 68.1 Å². The van der Waals surface area contributed by atoms with Crippen LogP contribution in [0.25, 0.3) is 11.0 Å². The highest BCUT2D eigenvalue weighted by Crippen LogP contribution is 2.23. The Bertz CT molecular complexity index is 1260. The van der Waals surface area contributed by atoms with Crippen LogP contribution < -0.4 is 0 Å². The number of hydrogen-bond donors (Lipinski definition) is 0. The van der Waals surface area contributed by atoms with Crippen molar-refractivity contribution in [3.8, 4) is 0 Å². The maximum atomic E-state index is 13.1. The third-order valence-electron chi connectivity index (χ3n) is 6.16. The second kappa shape index (κ2) is 8.09. The first kappa shape index (κ1) is 21.5. The molecule has 7 nitrogen and oxygen atoms in total. The standard InChI is InChI=1S/C23H28N4O3S/c1-16-7-9-19(13-17(16)2)31(29,30)25(3)15-22-24-20-14-18(8-10-21(20)26(22)4)23(28)27-11-5-6-12-27/h7-10,13-14H,5-6,11-12,15H2,1-4H3. The zero-order chi connectivity index (χ0) is 22.3. The van der Waals surface area contributed by atoms with Crippen molar-refractivity contribution in [1.82, 2.24) is 18.8 Å². The van der Waals surface area contributed by atoms with Gasteiger partial charge in [-0.25, -0.2) is 13.4 Å². The number of imidazole rings is 1. The van der Waals surface area contributed by atoms with Crippen LogP contribution in [0.5, 0.6) is 0 Å². The summed E-state index contributed by atoms with van der Waals surface area (Å²) in [6, 6.07) is 10.7. The van der Waals surface area contributed by atoms with E-state index in [-0.39, 0.29) is 17.3 Å². The van der Waals surface area contributed by atoms with E-state index in [0.29, 0.717) is 16.9 Å². The molecular weight excluding hydrogens is 412 g/mol. The van der Waals surface area contributed by atoms with Gasteiger partial charge in [-0.3, -0.25) is 4.79 Å². The van der Waals surface area contributed by atoms with Crippen LogP contribution in [0.4, 0.5) is 0 Å². The fourth-order valence-corrected chi connectivity index (χ4v) is 5.18. The monoisotopic (exact) mass is 440 g/mol. The molecule has 3 aromatic rings. The topological polar surface area (TPSA) is 75.5 Å². The number of amides is 1. The Hall–Kier alpha value is -2.71. The fraction of sp³-hybridized carbons (Fsp3) is 0.391. The predicted molar refractivity (Wildman–Crippen MR) is 120 cm³/mol. The van der Waals surface area contributed by atoms with Crippen LogP contribution in [0.2, 0.25) is 0 Å². The molecule has 0 radical (unpaired) electrons. The Labute approximate surface area is 183 Å². The summed E-state index contributed by atoms with van der Waals surface area (Å²) in [6.45, 7) is 5.59. The molecule has 1 aliphatic rings. The Morgan fingerprint density at radius 1 is 1.06 bits per heavy atom. The first-order chi connectivity index (χ1) is 14.7. The summed E-state index contributed by atoms with van der Waals surface area (Å²) >= 11 is 0. The van der Waals surface area contributed by atoms with Gasteiger partial charge in [-0.15, -0.1) is 0 Å². The van der Waals surface area contributed by atoms with Gasteiger partial charge in [-0.2, -0.15) is 4.31 Å². The first-order valence-corrected chi connectivity index (χ1v) is 11.9. The summed E-state index contributed by atoms with van der Waals surface area (Å²) in [5.41, 5.74) is 4.17. The predicted octanol–water partition coefficient (Wildman–Crippen LogP) is 3.25. The SMILES string of the molecule is Cc1ccc(S(=O)(=O)N(C)Cc2nc3cc(C(=O)N4CCCC4)ccc3n2C)cc1C. The third kappa shape index (κ3) is 3.97. The van der Waals surface area contributed by atoms with Gasteiger partial charge in [0.15, 0.2) is 0 Å². The Balaban J connectivity index is 1.61. The average molecular weight is 441 g/mol. The molecule has 0 N–H and O–H groups in total. The second-order valence-electron chi connectivity index (χ2n) is 8.30. The van der Waals surface area contributed by atoms with E-state index in [0.717, 1.165) is 42.6 Å². The number of likely N-dealkylation sites (tertiary alicyclic amines) is 1. The summed E-state index contributed by atoms with van der Waals surface area (Å²) in [4.78, 5) is 19.5. The lowest BCUT2D eigenvalue weighted by atomic mass is 10.1. The van der Waals surface area contributed by atoms with Crippen LogP contribution in [-0.4, -0.2) is 53.2 Å². The maximum absolute atomic E-state index is 13.1. The van der Waals surface area contributed by atoms with E-state index >= 15 is 0 Å². The first-order valence-electron chi connectivity index (χ1n) is 10.5. The summed E-state index contributed by atoms with van der Waals surface area (Å²) < 4.78 is 29.3. The van der Waals surface area contributed by atoms with Gasteiger partial charge < -0.3 is 9.47 Å². The molecule has 1 aromatic heterocycles. The number of aromatic nitrogens is 2. The van der Waals surface area contributed by atoms with Gasteiger partial charge in [-0.1, -0.05) is 6.07 Å². The number of fused-ring (bicyclic) bond motifs is 1. The van der Waals surface area contributed by atoms with E-state index in [9.17, 15) is 13.2 Å². The van der Waals surface area contributed by atoms with Gasteiger partial charge in [0.05, 0.1) is 22.5 Å². The summed E-state index contributed by atoms with van der Waals surface area (Å²) in [6.07, 6.45) is 2.09. The van der Waals surface area contributed by atoms with Crippen LogP contribution in [0, 0.1) is 13.8 Å². The van der Waals surface area contributed by atoms with Crippen molar-refractivity contribution in [2.45, 2.75) is 38.1 Å². The van der Waals surface area contributed by atoms with Crippen molar-refractivity contribution in [3.63, 3.8) is 0 Å². The van der Waals surface area contributed by atoms with Gasteiger partial charge in [0.2, 0.25) is 10.0 Å². The Morgan fingerprint density at radius 3 is 2.45 bits per heavy atom. The smallest absolute Gasteiger partial charge is 0.253 e. The molecule has 0 spiro atoms. The number of sulfonamides is 1. The van der Waals surface area contributed by atoms with E-state index in [1.165, 1.54) is 4.31 Å². The van der Waals surface area contributed by atoms with Crippen LogP contribution in [0.1, 0.15) is 40.2 Å². The number of rotatable bonds is 5. The maximum Gasteiger partial charge on any atom is 0.253 e. The minimum absolute atomic E-state index is 0.0287. The number of benzene rings is 2. The van der Waals surface area contributed by atoms with E-state index < -0.39 is 10.0 Å². The number of nitrogens with zero attached hydrogens (tertiary/aromatic N) is 4. The van der Waals surface area contributed by atoms with Gasteiger partial charge in [0.25, 0.3) is 5.91 Å². The molecule has 1 amide bonds. The molecule has 1 saturated heterocycles. The molecule has 1 fully saturated rings. The number of aryl methyl sites for hydroxylation is 3. The quantitative estimate of drug-likeness (QED) is 0.610. The third-order valence-corrected chi connectivity index (χ3v) is 7.96. The molecule has 0 aliphatic carbocycles. The lowest BCUT2D eigenvalue weighted by Crippen LogP contribution is -2.27. The highest BCUT2D eigenvalue weighted by molar-refractivity contribution is 7.89. The van der Waals surface area contributed by atoms with Crippen molar-refractivity contribution >= 4 is 27.0 Å². The van der Waals surface area contributed by atoms with E-state index in [2.05, 4.69) is 4.98 Å². The summed E-state index contributed by atoms with van der Waals surface area (Å²) in [7, 11) is -0.218. The second-order valence-corrected chi connectivity index (χ2v) is 10.3. The number of hydrogen-bond acceptors (Lipinski definition) is 4. The van der Waals surface area contributed by atoms with Crippen molar-refractivity contribution < 1.29 is 13.2 Å². The van der Waals surface area contributed by atoms with Crippen LogP contribution >= 0.6 is 0 Å². The molecule has 1 aliphatic heterocycles. The van der Waals surface area contributed by atoms with Crippen molar-refractivity contribution in [1.29, 1.82) is 0 Å². The van der Waals surface area contributed by atoms with Gasteiger partial charge in [0, 0.05) is 32.7 Å². The molecule has 0 bridgehead atoms. The van der Waals surface area contributed by atoms with E-state index in [4.69, 9.17) is 0 Å². The zero-order valence-electron chi connectivity index (χ0n) is 18.4. The summed E-state index contributed by atoms with van der Waals surface area (Å²) in [5, 5.41) is 0. The average Bonchev–Trinajstić information content (AvgIpc) is 3.38. The molecule has 8 heteroatoms. The molecule has 0 atom stereocenters. The normalized spacial score (nSPS) is 14.7. The molecule has 164 valence electrons. The highest BCUT2D eigenvalue weighted by Gasteiger charge is 2.24. The fourth-order valence-electron chi connectivity index (χ4n) is 3.97. The van der Waals surface area contributed by atoms with E-state index in [1.807, 2.05) is 48.6 Å². The molecule has 2 aromatic carbocycles. The Kier molecular flexibility index (Phi) is 5.61. The Morgan fingerprint density at radius 2 is 1.77 bits per heavy atom. The molecule has 0 saturated carbocycles. The molecular formula is C23H28N4O3S. The van der Waals surface area contributed by atoms with Crippen LogP contribution in [0.3, 0.4) is 0 Å². The van der Waals surface area contributed by atoms with Gasteiger partial charge >= 0.3 is 0 Å². The van der Waals surface area contributed by atoms with Crippen molar-refractivity contribution in [3.05, 3.63) is 58.9 Å². The zero-order valence-corrected chi connectivity index (χ0v) is 19.2. The molecule has 4 rings (SSSR count). The largest absolute Gasteiger partial charge is 0.339 e. The number of carbonyl (C=O) groups excluding carboxylic acids is 1. The minimum Gasteiger partial charge on any atom is -0.339 e.